The van der Waals surface area contributed by atoms with Crippen LogP contribution in [-0.2, 0) is 6.54 Å². The molecule has 2 fully saturated rings. The van der Waals surface area contributed by atoms with E-state index in [9.17, 15) is 0 Å². The molecule has 1 N–H and O–H groups in total. The zero-order valence-electron chi connectivity index (χ0n) is 12.8. The summed E-state index contributed by atoms with van der Waals surface area (Å²) in [5.41, 5.74) is 1.63. The summed E-state index contributed by atoms with van der Waals surface area (Å²) in [4.78, 5) is 7.34. The van der Waals surface area contributed by atoms with Gasteiger partial charge < -0.3 is 10.1 Å². The maximum Gasteiger partial charge on any atom is 0.120 e. The summed E-state index contributed by atoms with van der Waals surface area (Å²) >= 11 is 1.80. The molecule has 3 heterocycles. The number of hydrogen-bond donors (Lipinski definition) is 1. The van der Waals surface area contributed by atoms with Crippen LogP contribution in [0.15, 0.2) is 18.2 Å². The van der Waals surface area contributed by atoms with Crippen LogP contribution in [0.5, 0.6) is 5.75 Å². The molecule has 22 heavy (non-hydrogen) atoms. The molecule has 0 bridgehead atoms. The van der Waals surface area contributed by atoms with Crippen molar-refractivity contribution in [3.05, 3.63) is 23.2 Å². The van der Waals surface area contributed by atoms with Crippen molar-refractivity contribution in [3.8, 4) is 5.75 Å². The molecule has 1 atom stereocenters. The minimum absolute atomic E-state index is 0. The minimum atomic E-state index is 0. The Labute approximate surface area is 141 Å². The summed E-state index contributed by atoms with van der Waals surface area (Å²) in [6.45, 7) is 5.80. The van der Waals surface area contributed by atoms with Gasteiger partial charge in [-0.3, -0.25) is 4.90 Å². The van der Waals surface area contributed by atoms with E-state index < -0.39 is 0 Å². The summed E-state index contributed by atoms with van der Waals surface area (Å²) in [5, 5.41) is 4.74. The molecule has 1 aromatic carbocycles. The molecule has 2 aliphatic rings. The minimum Gasteiger partial charge on any atom is -0.497 e. The molecule has 0 amide bonds. The van der Waals surface area contributed by atoms with Crippen molar-refractivity contribution in [2.75, 3.05) is 33.3 Å². The van der Waals surface area contributed by atoms with Crippen LogP contribution >= 0.6 is 23.7 Å². The van der Waals surface area contributed by atoms with E-state index in [4.69, 9.17) is 9.72 Å². The Hall–Kier alpha value is -0.880. The van der Waals surface area contributed by atoms with E-state index >= 15 is 0 Å². The van der Waals surface area contributed by atoms with Crippen LogP contribution < -0.4 is 10.1 Å². The molecule has 0 saturated carbocycles. The van der Waals surface area contributed by atoms with Crippen LogP contribution in [-0.4, -0.2) is 43.2 Å². The van der Waals surface area contributed by atoms with E-state index in [0.717, 1.165) is 17.8 Å². The first-order valence-corrected chi connectivity index (χ1v) is 8.45. The number of benzene rings is 1. The quantitative estimate of drug-likeness (QED) is 0.933. The third kappa shape index (κ3) is 2.95. The number of fused-ring (bicyclic) bond motifs is 1. The number of methoxy groups -OCH3 is 1. The average Bonchev–Trinajstić information content (AvgIpc) is 3.20. The molecule has 120 valence electrons. The highest BCUT2D eigenvalue weighted by Crippen LogP contribution is 2.37. The van der Waals surface area contributed by atoms with E-state index in [1.54, 1.807) is 18.4 Å². The third-order valence-corrected chi connectivity index (χ3v) is 5.85. The Morgan fingerprint density at radius 2 is 2.32 bits per heavy atom. The molecule has 2 aliphatic heterocycles. The number of thiazole rings is 1. The maximum absolute atomic E-state index is 5.29. The normalized spacial score (nSPS) is 25.0. The highest BCUT2D eigenvalue weighted by molar-refractivity contribution is 7.18. The molecule has 2 saturated heterocycles. The number of hydrogen-bond acceptors (Lipinski definition) is 5. The Bertz CT molecular complexity index is 654. The van der Waals surface area contributed by atoms with Crippen molar-refractivity contribution in [2.24, 2.45) is 5.41 Å². The molecule has 6 heteroatoms. The number of nitrogens with one attached hydrogen (secondary N) is 1. The molecule has 4 nitrogen and oxygen atoms in total. The second kappa shape index (κ2) is 6.32. The fraction of sp³-hybridized carbons (Fsp3) is 0.562. The van der Waals surface area contributed by atoms with Crippen molar-refractivity contribution >= 4 is 34.0 Å². The van der Waals surface area contributed by atoms with E-state index in [1.165, 1.54) is 48.7 Å². The zero-order chi connectivity index (χ0) is 14.3. The highest BCUT2D eigenvalue weighted by Gasteiger charge is 2.40. The smallest absolute Gasteiger partial charge is 0.120 e. The Morgan fingerprint density at radius 3 is 3.09 bits per heavy atom. The largest absolute Gasteiger partial charge is 0.497 e. The predicted octanol–water partition coefficient (Wildman–Crippen LogP) is 2.91. The van der Waals surface area contributed by atoms with Crippen molar-refractivity contribution < 1.29 is 4.74 Å². The number of aromatic nitrogens is 1. The highest BCUT2D eigenvalue weighted by atomic mass is 35.5. The predicted molar refractivity (Wildman–Crippen MR) is 93.2 cm³/mol. The molecule has 1 spiro atoms. The lowest BCUT2D eigenvalue weighted by Gasteiger charge is -2.22. The fourth-order valence-electron chi connectivity index (χ4n) is 3.65. The van der Waals surface area contributed by atoms with Gasteiger partial charge in [-0.05, 0) is 49.5 Å². The molecular formula is C16H22ClN3OS. The lowest BCUT2D eigenvalue weighted by molar-refractivity contribution is 0.268. The Balaban J connectivity index is 0.00000144. The van der Waals surface area contributed by atoms with Crippen LogP contribution in [0.25, 0.3) is 10.2 Å². The van der Waals surface area contributed by atoms with Crippen LogP contribution in [0.4, 0.5) is 0 Å². The first-order chi connectivity index (χ1) is 10.3. The Kier molecular flexibility index (Phi) is 4.59. The van der Waals surface area contributed by atoms with E-state index in [0.29, 0.717) is 5.41 Å². The topological polar surface area (TPSA) is 37.4 Å². The Morgan fingerprint density at radius 1 is 1.41 bits per heavy atom. The lowest BCUT2D eigenvalue weighted by atomic mass is 9.87. The van der Waals surface area contributed by atoms with Gasteiger partial charge in [-0.1, -0.05) is 0 Å². The number of ether oxygens (including phenoxy) is 1. The first kappa shape index (κ1) is 16.0. The monoisotopic (exact) mass is 339 g/mol. The second-order valence-corrected chi connectivity index (χ2v) is 7.44. The molecular weight excluding hydrogens is 318 g/mol. The summed E-state index contributed by atoms with van der Waals surface area (Å²) in [7, 11) is 1.71. The van der Waals surface area contributed by atoms with Gasteiger partial charge in [-0.2, -0.15) is 0 Å². The van der Waals surface area contributed by atoms with Gasteiger partial charge in [-0.25, -0.2) is 4.98 Å². The van der Waals surface area contributed by atoms with E-state index in [1.807, 2.05) is 6.07 Å². The molecule has 1 unspecified atom stereocenters. The molecule has 4 rings (SSSR count). The first-order valence-electron chi connectivity index (χ1n) is 7.63. The fourth-order valence-corrected chi connectivity index (χ4v) is 4.68. The summed E-state index contributed by atoms with van der Waals surface area (Å²) < 4.78 is 6.51. The summed E-state index contributed by atoms with van der Waals surface area (Å²) in [5.74, 6) is 0.912. The second-order valence-electron chi connectivity index (χ2n) is 6.33. The van der Waals surface area contributed by atoms with Crippen molar-refractivity contribution in [3.63, 3.8) is 0 Å². The molecule has 0 radical (unpaired) electrons. The van der Waals surface area contributed by atoms with Gasteiger partial charge in [0.2, 0.25) is 0 Å². The molecule has 0 aliphatic carbocycles. The van der Waals surface area contributed by atoms with Crippen LogP contribution in [0.1, 0.15) is 17.8 Å². The van der Waals surface area contributed by atoms with Gasteiger partial charge >= 0.3 is 0 Å². The van der Waals surface area contributed by atoms with Gasteiger partial charge in [0.25, 0.3) is 0 Å². The van der Waals surface area contributed by atoms with Gasteiger partial charge in [0, 0.05) is 13.1 Å². The number of nitrogens with zero attached hydrogens (tertiary/aromatic N) is 2. The lowest BCUT2D eigenvalue weighted by Crippen LogP contribution is -2.28. The molecule has 2 aromatic rings. The summed E-state index contributed by atoms with van der Waals surface area (Å²) in [6.07, 6.45) is 2.67. The standard InChI is InChI=1S/C16H21N3OS.ClH/c1-20-12-2-3-13-14(8-12)21-15(18-13)9-19-7-5-16(11-19)4-6-17-10-16;/h2-3,8,17H,4-7,9-11H2,1H3;1H. The number of likely N-dealkylation sites (tertiary alicyclic amines) is 1. The van der Waals surface area contributed by atoms with Gasteiger partial charge in [0.15, 0.2) is 0 Å². The summed E-state index contributed by atoms with van der Waals surface area (Å²) in [6, 6.07) is 6.13. The number of rotatable bonds is 3. The van der Waals surface area contributed by atoms with E-state index in [2.05, 4.69) is 22.3 Å². The molecule has 1 aromatic heterocycles. The van der Waals surface area contributed by atoms with Crippen molar-refractivity contribution in [1.82, 2.24) is 15.2 Å². The average molecular weight is 340 g/mol. The third-order valence-electron chi connectivity index (χ3n) is 4.85. The van der Waals surface area contributed by atoms with Gasteiger partial charge in [0.1, 0.15) is 10.8 Å². The van der Waals surface area contributed by atoms with Crippen LogP contribution in [0.3, 0.4) is 0 Å². The van der Waals surface area contributed by atoms with Gasteiger partial charge in [-0.15, -0.1) is 23.7 Å². The van der Waals surface area contributed by atoms with Crippen LogP contribution in [0, 0.1) is 5.41 Å². The van der Waals surface area contributed by atoms with E-state index in [-0.39, 0.29) is 12.4 Å². The maximum atomic E-state index is 5.29. The number of halogens is 1. The SMILES string of the molecule is COc1ccc2nc(CN3CCC4(CCNC4)C3)sc2c1.Cl. The van der Waals surface area contributed by atoms with Crippen molar-refractivity contribution in [1.29, 1.82) is 0 Å². The van der Waals surface area contributed by atoms with Gasteiger partial charge in [0.05, 0.1) is 23.9 Å². The van der Waals surface area contributed by atoms with Crippen LogP contribution in [0.2, 0.25) is 0 Å². The van der Waals surface area contributed by atoms with Crippen molar-refractivity contribution in [2.45, 2.75) is 19.4 Å². The zero-order valence-corrected chi connectivity index (χ0v) is 14.4.